The Morgan fingerprint density at radius 1 is 1.41 bits per heavy atom. The maximum atomic E-state index is 12.6. The molecule has 2 saturated heterocycles. The van der Waals surface area contributed by atoms with Gasteiger partial charge in [0.25, 0.3) is 11.6 Å². The van der Waals surface area contributed by atoms with E-state index in [0.717, 1.165) is 12.8 Å². The summed E-state index contributed by atoms with van der Waals surface area (Å²) in [5, 5.41) is 14.5. The zero-order chi connectivity index (χ0) is 15.1. The largest absolute Gasteiger partial charge is 0.338 e. The molecule has 0 radical (unpaired) electrons. The van der Waals surface area contributed by atoms with Crippen LogP contribution in [0.3, 0.4) is 0 Å². The van der Waals surface area contributed by atoms with Crippen molar-refractivity contribution >= 4 is 35.3 Å². The molecule has 1 aromatic rings. The van der Waals surface area contributed by atoms with Gasteiger partial charge in [-0.25, -0.2) is 0 Å². The van der Waals surface area contributed by atoms with Crippen molar-refractivity contribution in [2.24, 2.45) is 0 Å². The molecule has 122 valence electrons. The van der Waals surface area contributed by atoms with Crippen LogP contribution in [0.5, 0.6) is 0 Å². The highest BCUT2D eigenvalue weighted by Crippen LogP contribution is 2.32. The fraction of sp³-hybridized carbons (Fsp3) is 0.643. The van der Waals surface area contributed by atoms with Crippen LogP contribution in [0.4, 0.5) is 5.69 Å². The van der Waals surface area contributed by atoms with Crippen LogP contribution in [0.1, 0.15) is 40.2 Å². The Hall–Kier alpha value is -1.18. The Labute approximate surface area is 139 Å². The van der Waals surface area contributed by atoms with E-state index in [1.54, 1.807) is 11.8 Å². The summed E-state index contributed by atoms with van der Waals surface area (Å²) >= 11 is 1.21. The van der Waals surface area contributed by atoms with Gasteiger partial charge in [0.2, 0.25) is 0 Å². The van der Waals surface area contributed by atoms with Crippen molar-refractivity contribution in [2.45, 2.75) is 50.7 Å². The fourth-order valence-corrected chi connectivity index (χ4v) is 4.41. The molecule has 6 nitrogen and oxygen atoms in total. The van der Waals surface area contributed by atoms with Gasteiger partial charge in [-0.3, -0.25) is 14.9 Å². The lowest BCUT2D eigenvalue weighted by molar-refractivity contribution is -0.385. The number of carbonyl (C=O) groups is 1. The molecule has 3 rings (SSSR count). The van der Waals surface area contributed by atoms with E-state index in [9.17, 15) is 14.9 Å². The normalized spacial score (nSPS) is 26.4. The number of thiophene rings is 1. The van der Waals surface area contributed by atoms with E-state index >= 15 is 0 Å². The third-order valence-electron chi connectivity index (χ3n) is 4.62. The average Bonchev–Trinajstić information content (AvgIpc) is 3.00. The number of rotatable bonds is 3. The average molecular weight is 346 g/mol. The highest BCUT2D eigenvalue weighted by atomic mass is 35.5. The van der Waals surface area contributed by atoms with Crippen LogP contribution >= 0.6 is 23.7 Å². The monoisotopic (exact) mass is 345 g/mol. The number of carbonyl (C=O) groups excluding carboxylic acids is 1. The van der Waals surface area contributed by atoms with Crippen LogP contribution in [0.25, 0.3) is 0 Å². The van der Waals surface area contributed by atoms with Crippen LogP contribution in [-0.2, 0) is 0 Å². The van der Waals surface area contributed by atoms with E-state index in [1.807, 2.05) is 7.05 Å². The van der Waals surface area contributed by atoms with Crippen molar-refractivity contribution in [3.63, 3.8) is 0 Å². The molecule has 0 aliphatic carbocycles. The van der Waals surface area contributed by atoms with E-state index in [2.05, 4.69) is 5.32 Å². The van der Waals surface area contributed by atoms with E-state index in [1.165, 1.54) is 30.2 Å². The summed E-state index contributed by atoms with van der Waals surface area (Å²) in [5.74, 6) is -0.0949. The number of piperidine rings is 1. The molecule has 2 aliphatic heterocycles. The van der Waals surface area contributed by atoms with Crippen LogP contribution in [-0.4, -0.2) is 40.9 Å². The molecule has 1 aromatic heterocycles. The molecule has 2 fully saturated rings. The van der Waals surface area contributed by atoms with E-state index < -0.39 is 4.92 Å². The number of nitrogens with one attached hydrogen (secondary N) is 1. The zero-order valence-corrected chi connectivity index (χ0v) is 14.2. The number of nitro groups is 1. The number of nitrogens with zero attached hydrogens (tertiary/aromatic N) is 2. The maximum absolute atomic E-state index is 12.6. The molecule has 2 unspecified atom stereocenters. The molecule has 22 heavy (non-hydrogen) atoms. The first-order valence-corrected chi connectivity index (χ1v) is 8.05. The highest BCUT2D eigenvalue weighted by molar-refractivity contribution is 7.14. The Morgan fingerprint density at radius 3 is 2.50 bits per heavy atom. The number of hydrogen-bond acceptors (Lipinski definition) is 5. The molecule has 1 N–H and O–H groups in total. The molecule has 0 aromatic carbocycles. The molecule has 2 bridgehead atoms. The predicted octanol–water partition coefficient (Wildman–Crippen LogP) is 2.74. The summed E-state index contributed by atoms with van der Waals surface area (Å²) < 4.78 is 0. The highest BCUT2D eigenvalue weighted by Gasteiger charge is 2.37. The quantitative estimate of drug-likeness (QED) is 0.675. The van der Waals surface area contributed by atoms with Gasteiger partial charge in [-0.2, -0.15) is 0 Å². The van der Waals surface area contributed by atoms with Crippen molar-refractivity contribution in [1.29, 1.82) is 0 Å². The standard InChI is InChI=1S/C14H19N3O3S.ClH/c1-8-12(17(19)20)7-13(21-8)14(18)16(2)11-5-9-3-4-10(6-11)15-9;/h7,9-11,15H,3-6H2,1-2H3;1H. The molecule has 3 heterocycles. The van der Waals surface area contributed by atoms with E-state index in [0.29, 0.717) is 21.8 Å². The van der Waals surface area contributed by atoms with Crippen molar-refractivity contribution < 1.29 is 9.72 Å². The molecule has 2 aliphatic rings. The summed E-state index contributed by atoms with van der Waals surface area (Å²) in [5.41, 5.74) is 0.0436. The maximum Gasteiger partial charge on any atom is 0.283 e. The van der Waals surface area contributed by atoms with Gasteiger partial charge in [-0.1, -0.05) is 0 Å². The topological polar surface area (TPSA) is 75.5 Å². The summed E-state index contributed by atoms with van der Waals surface area (Å²) in [7, 11) is 1.82. The van der Waals surface area contributed by atoms with Crippen LogP contribution in [0, 0.1) is 17.0 Å². The Morgan fingerprint density at radius 2 is 2.00 bits per heavy atom. The van der Waals surface area contributed by atoms with Crippen LogP contribution in [0.2, 0.25) is 0 Å². The lowest BCUT2D eigenvalue weighted by Gasteiger charge is -2.35. The van der Waals surface area contributed by atoms with E-state index in [-0.39, 0.29) is 30.0 Å². The fourth-order valence-electron chi connectivity index (χ4n) is 3.44. The summed E-state index contributed by atoms with van der Waals surface area (Å²) in [6, 6.07) is 2.68. The lowest BCUT2D eigenvalue weighted by Crippen LogP contribution is -2.48. The minimum Gasteiger partial charge on any atom is -0.338 e. The SMILES string of the molecule is Cc1sc(C(=O)N(C)C2CC3CCC(C2)N3)cc1[N+](=O)[O-].Cl. The van der Waals surface area contributed by atoms with Gasteiger partial charge in [0, 0.05) is 31.2 Å². The number of halogens is 1. The van der Waals surface area contributed by atoms with Crippen LogP contribution in [0.15, 0.2) is 6.07 Å². The number of aryl methyl sites for hydroxylation is 1. The minimum absolute atomic E-state index is 0. The first-order chi connectivity index (χ1) is 9.95. The Bertz CT molecular complexity index is 580. The van der Waals surface area contributed by atoms with Gasteiger partial charge >= 0.3 is 0 Å². The molecule has 2 atom stereocenters. The van der Waals surface area contributed by atoms with Gasteiger partial charge in [0.1, 0.15) is 0 Å². The molecule has 8 heteroatoms. The molecular formula is C14H20ClN3O3S. The van der Waals surface area contributed by atoms with Gasteiger partial charge < -0.3 is 10.2 Å². The minimum atomic E-state index is -0.423. The first kappa shape index (κ1) is 17.2. The van der Waals surface area contributed by atoms with Gasteiger partial charge in [-0.05, 0) is 32.6 Å². The van der Waals surface area contributed by atoms with Crippen LogP contribution < -0.4 is 5.32 Å². The second-order valence-corrected chi connectivity index (χ2v) is 7.24. The van der Waals surface area contributed by atoms with Crippen molar-refractivity contribution in [1.82, 2.24) is 10.2 Å². The van der Waals surface area contributed by atoms with Gasteiger partial charge in [0.05, 0.1) is 14.7 Å². The van der Waals surface area contributed by atoms with Crippen molar-refractivity contribution in [3.8, 4) is 0 Å². The third kappa shape index (κ3) is 3.11. The number of hydrogen-bond donors (Lipinski definition) is 1. The van der Waals surface area contributed by atoms with Gasteiger partial charge in [-0.15, -0.1) is 23.7 Å². The second kappa shape index (κ2) is 6.52. The summed E-state index contributed by atoms with van der Waals surface area (Å²) in [6.07, 6.45) is 4.33. The van der Waals surface area contributed by atoms with Crippen molar-refractivity contribution in [2.75, 3.05) is 7.05 Å². The third-order valence-corrected chi connectivity index (χ3v) is 5.64. The van der Waals surface area contributed by atoms with E-state index in [4.69, 9.17) is 0 Å². The predicted molar refractivity (Wildman–Crippen MR) is 88.0 cm³/mol. The molecule has 0 spiro atoms. The van der Waals surface area contributed by atoms with Crippen molar-refractivity contribution in [3.05, 3.63) is 25.9 Å². The summed E-state index contributed by atoms with van der Waals surface area (Å²) in [6.45, 7) is 1.68. The lowest BCUT2D eigenvalue weighted by atomic mass is 9.98. The Balaban J connectivity index is 0.00000176. The smallest absolute Gasteiger partial charge is 0.283 e. The molecule has 1 amide bonds. The Kier molecular flexibility index (Phi) is 5.09. The first-order valence-electron chi connectivity index (χ1n) is 7.23. The molecule has 0 saturated carbocycles. The molecular weight excluding hydrogens is 326 g/mol. The number of amides is 1. The number of fused-ring (bicyclic) bond motifs is 2. The summed E-state index contributed by atoms with van der Waals surface area (Å²) in [4.78, 5) is 25.9. The zero-order valence-electron chi connectivity index (χ0n) is 12.6. The van der Waals surface area contributed by atoms with Gasteiger partial charge in [0.15, 0.2) is 0 Å². The second-order valence-electron chi connectivity index (χ2n) is 5.99.